The van der Waals surface area contributed by atoms with Gasteiger partial charge >= 0.3 is 6.09 Å². The van der Waals surface area contributed by atoms with Crippen LogP contribution in [0.15, 0.2) is 23.1 Å². The summed E-state index contributed by atoms with van der Waals surface area (Å²) in [4.78, 5) is 24.1. The molecular formula is C22H35N3O5S. The van der Waals surface area contributed by atoms with Crippen LogP contribution in [0.5, 0.6) is 0 Å². The van der Waals surface area contributed by atoms with Gasteiger partial charge in [0.1, 0.15) is 5.60 Å². The lowest BCUT2D eigenvalue weighted by Gasteiger charge is -2.21. The number of hydrogen-bond donors (Lipinski definition) is 2. The average Bonchev–Trinajstić information content (AvgIpc) is 2.95. The van der Waals surface area contributed by atoms with Crippen LogP contribution in [0, 0.1) is 6.92 Å². The molecule has 1 aliphatic heterocycles. The molecule has 2 rings (SSSR count). The normalized spacial score (nSPS) is 15.7. The lowest BCUT2D eigenvalue weighted by Crippen LogP contribution is -2.33. The van der Waals surface area contributed by atoms with E-state index in [9.17, 15) is 18.0 Å². The summed E-state index contributed by atoms with van der Waals surface area (Å²) < 4.78 is 33.0. The molecule has 1 aromatic carbocycles. The molecular weight excluding hydrogens is 418 g/mol. The van der Waals surface area contributed by atoms with E-state index in [0.717, 1.165) is 25.7 Å². The van der Waals surface area contributed by atoms with E-state index in [1.165, 1.54) is 6.07 Å². The fraction of sp³-hybridized carbons (Fsp3) is 0.636. The van der Waals surface area contributed by atoms with Crippen LogP contribution in [-0.2, 0) is 19.6 Å². The number of nitrogens with zero attached hydrogens (tertiary/aromatic N) is 1. The highest BCUT2D eigenvalue weighted by atomic mass is 32.2. The molecule has 0 unspecified atom stereocenters. The molecule has 1 heterocycles. The Balaban J connectivity index is 1.92. The molecule has 2 amide bonds. The first-order chi connectivity index (χ1) is 14.5. The number of ether oxygens (including phenoxy) is 1. The number of amides is 2. The van der Waals surface area contributed by atoms with Gasteiger partial charge in [-0.1, -0.05) is 18.9 Å². The van der Waals surface area contributed by atoms with Crippen LogP contribution >= 0.6 is 0 Å². The Labute approximate surface area is 185 Å². The van der Waals surface area contributed by atoms with Crippen LogP contribution in [0.3, 0.4) is 0 Å². The second kappa shape index (κ2) is 10.9. The van der Waals surface area contributed by atoms with Crippen LogP contribution in [-0.4, -0.2) is 50.0 Å². The molecule has 1 aliphatic rings. The number of sulfonamides is 1. The third kappa shape index (κ3) is 8.14. The molecule has 0 atom stereocenters. The summed E-state index contributed by atoms with van der Waals surface area (Å²) in [7, 11) is -3.60. The Morgan fingerprint density at radius 1 is 1.10 bits per heavy atom. The maximum atomic E-state index is 13.1. The van der Waals surface area contributed by atoms with Crippen molar-refractivity contribution in [2.45, 2.75) is 76.7 Å². The van der Waals surface area contributed by atoms with E-state index in [-0.39, 0.29) is 17.2 Å². The van der Waals surface area contributed by atoms with E-state index >= 15 is 0 Å². The van der Waals surface area contributed by atoms with Crippen molar-refractivity contribution >= 4 is 27.7 Å². The molecule has 0 aliphatic carbocycles. The zero-order chi connectivity index (χ0) is 23.1. The van der Waals surface area contributed by atoms with E-state index in [2.05, 4.69) is 10.6 Å². The molecule has 0 radical (unpaired) electrons. The van der Waals surface area contributed by atoms with Crippen molar-refractivity contribution in [1.82, 2.24) is 9.62 Å². The summed E-state index contributed by atoms with van der Waals surface area (Å²) in [6.07, 6.45) is 3.94. The van der Waals surface area contributed by atoms with E-state index in [1.54, 1.807) is 44.1 Å². The fourth-order valence-corrected chi connectivity index (χ4v) is 5.12. The Hall–Kier alpha value is -2.13. The minimum Gasteiger partial charge on any atom is -0.444 e. The third-order valence-corrected chi connectivity index (χ3v) is 6.94. The molecule has 0 saturated carbocycles. The summed E-state index contributed by atoms with van der Waals surface area (Å²) in [5, 5.41) is 5.37. The quantitative estimate of drug-likeness (QED) is 0.611. The molecule has 0 aromatic heterocycles. The summed E-state index contributed by atoms with van der Waals surface area (Å²) in [6, 6.07) is 4.95. The second-order valence-electron chi connectivity index (χ2n) is 8.88. The standard InChI is InChI=1S/C22H35N3O5S/c1-17-11-12-18(16-19(17)31(28,29)25-14-7-5-6-8-15-25)24-20(26)10-9-13-23-21(27)30-22(2,3)4/h11-12,16H,5-10,13-15H2,1-4H3,(H,23,27)(H,24,26). The number of aryl methyl sites for hydroxylation is 1. The van der Waals surface area contributed by atoms with Gasteiger partial charge in [-0.05, 0) is 64.7 Å². The zero-order valence-corrected chi connectivity index (χ0v) is 19.8. The summed E-state index contributed by atoms with van der Waals surface area (Å²) >= 11 is 0. The van der Waals surface area contributed by atoms with E-state index in [0.29, 0.717) is 37.3 Å². The van der Waals surface area contributed by atoms with Gasteiger partial charge in [0.15, 0.2) is 0 Å². The zero-order valence-electron chi connectivity index (χ0n) is 19.0. The minimum atomic E-state index is -3.60. The third-order valence-electron chi connectivity index (χ3n) is 4.90. The Morgan fingerprint density at radius 2 is 1.74 bits per heavy atom. The van der Waals surface area contributed by atoms with Crippen LogP contribution < -0.4 is 10.6 Å². The van der Waals surface area contributed by atoms with Gasteiger partial charge in [0.05, 0.1) is 4.90 Å². The Bertz CT molecular complexity index is 870. The number of benzene rings is 1. The van der Waals surface area contributed by atoms with Gasteiger partial charge in [0.2, 0.25) is 15.9 Å². The molecule has 1 aromatic rings. The lowest BCUT2D eigenvalue weighted by molar-refractivity contribution is -0.116. The summed E-state index contributed by atoms with van der Waals surface area (Å²) in [6.45, 7) is 8.48. The lowest BCUT2D eigenvalue weighted by atomic mass is 10.2. The summed E-state index contributed by atoms with van der Waals surface area (Å²) in [5.41, 5.74) is 0.533. The fourth-order valence-electron chi connectivity index (χ4n) is 3.35. The van der Waals surface area contributed by atoms with Crippen molar-refractivity contribution in [3.63, 3.8) is 0 Å². The van der Waals surface area contributed by atoms with Gasteiger partial charge < -0.3 is 15.4 Å². The maximum absolute atomic E-state index is 13.1. The number of rotatable bonds is 7. The monoisotopic (exact) mass is 453 g/mol. The second-order valence-corrected chi connectivity index (χ2v) is 10.8. The largest absolute Gasteiger partial charge is 0.444 e. The van der Waals surface area contributed by atoms with Crippen LogP contribution in [0.1, 0.15) is 64.9 Å². The maximum Gasteiger partial charge on any atom is 0.407 e. The van der Waals surface area contributed by atoms with Gasteiger partial charge in [-0.2, -0.15) is 4.31 Å². The van der Waals surface area contributed by atoms with E-state index < -0.39 is 21.7 Å². The Morgan fingerprint density at radius 3 is 2.35 bits per heavy atom. The van der Waals surface area contributed by atoms with Crippen molar-refractivity contribution in [3.05, 3.63) is 23.8 Å². The molecule has 31 heavy (non-hydrogen) atoms. The predicted octanol–water partition coefficient (Wildman–Crippen LogP) is 3.80. The number of nitrogens with one attached hydrogen (secondary N) is 2. The first kappa shape index (κ1) is 25.1. The highest BCUT2D eigenvalue weighted by Crippen LogP contribution is 2.26. The Kier molecular flexibility index (Phi) is 8.88. The van der Waals surface area contributed by atoms with Gasteiger partial charge in [0.25, 0.3) is 0 Å². The van der Waals surface area contributed by atoms with Crippen molar-refractivity contribution < 1.29 is 22.7 Å². The van der Waals surface area contributed by atoms with Crippen molar-refractivity contribution in [2.24, 2.45) is 0 Å². The van der Waals surface area contributed by atoms with Crippen LogP contribution in [0.2, 0.25) is 0 Å². The highest BCUT2D eigenvalue weighted by Gasteiger charge is 2.27. The number of hydrogen-bond acceptors (Lipinski definition) is 5. The molecule has 0 bridgehead atoms. The number of anilines is 1. The van der Waals surface area contributed by atoms with E-state index in [4.69, 9.17) is 4.74 Å². The summed E-state index contributed by atoms with van der Waals surface area (Å²) in [5.74, 6) is -0.243. The van der Waals surface area contributed by atoms with Gasteiger partial charge in [-0.25, -0.2) is 13.2 Å². The van der Waals surface area contributed by atoms with Gasteiger partial charge in [-0.3, -0.25) is 4.79 Å². The van der Waals surface area contributed by atoms with Crippen LogP contribution in [0.4, 0.5) is 10.5 Å². The molecule has 9 heteroatoms. The van der Waals surface area contributed by atoms with Crippen molar-refractivity contribution in [1.29, 1.82) is 0 Å². The number of carbonyl (C=O) groups excluding carboxylic acids is 2. The smallest absolute Gasteiger partial charge is 0.407 e. The molecule has 2 N–H and O–H groups in total. The highest BCUT2D eigenvalue weighted by molar-refractivity contribution is 7.89. The average molecular weight is 454 g/mol. The molecule has 174 valence electrons. The first-order valence-corrected chi connectivity index (χ1v) is 12.3. The van der Waals surface area contributed by atoms with Gasteiger partial charge in [-0.15, -0.1) is 0 Å². The van der Waals surface area contributed by atoms with Crippen LogP contribution in [0.25, 0.3) is 0 Å². The predicted molar refractivity (Wildman–Crippen MR) is 121 cm³/mol. The van der Waals surface area contributed by atoms with Crippen molar-refractivity contribution in [3.8, 4) is 0 Å². The molecule has 1 saturated heterocycles. The SMILES string of the molecule is Cc1ccc(NC(=O)CCCNC(=O)OC(C)(C)C)cc1S(=O)(=O)N1CCCCCC1. The topological polar surface area (TPSA) is 105 Å². The van der Waals surface area contributed by atoms with E-state index in [1.807, 2.05) is 0 Å². The first-order valence-electron chi connectivity index (χ1n) is 10.9. The van der Waals surface area contributed by atoms with Crippen molar-refractivity contribution in [2.75, 3.05) is 25.0 Å². The molecule has 1 fully saturated rings. The molecule has 0 spiro atoms. The minimum absolute atomic E-state index is 0.192. The number of carbonyl (C=O) groups is 2. The van der Waals surface area contributed by atoms with Gasteiger partial charge in [0, 0.05) is 31.7 Å². The molecule has 8 nitrogen and oxygen atoms in total. The number of alkyl carbamates (subject to hydrolysis) is 1.